The van der Waals surface area contributed by atoms with E-state index in [1.807, 2.05) is 23.1 Å². The number of carbonyl (C=O) groups excluding carboxylic acids is 2. The van der Waals surface area contributed by atoms with Crippen LogP contribution < -0.4 is 9.47 Å². The van der Waals surface area contributed by atoms with Crippen LogP contribution in [0.15, 0.2) is 18.2 Å². The van der Waals surface area contributed by atoms with E-state index in [0.29, 0.717) is 32.3 Å². The maximum absolute atomic E-state index is 13.1. The Morgan fingerprint density at radius 1 is 1.16 bits per heavy atom. The van der Waals surface area contributed by atoms with Crippen molar-refractivity contribution in [3.05, 3.63) is 23.8 Å². The number of carbonyl (C=O) groups is 2. The van der Waals surface area contributed by atoms with E-state index in [-0.39, 0.29) is 17.9 Å². The summed E-state index contributed by atoms with van der Waals surface area (Å²) in [5, 5.41) is 0. The summed E-state index contributed by atoms with van der Waals surface area (Å²) in [7, 11) is 0. The first-order chi connectivity index (χ1) is 12.1. The maximum Gasteiger partial charge on any atom is 0.245 e. The first kappa shape index (κ1) is 16.2. The summed E-state index contributed by atoms with van der Waals surface area (Å²) in [4.78, 5) is 28.6. The third-order valence-electron chi connectivity index (χ3n) is 5.17. The molecule has 25 heavy (non-hydrogen) atoms. The van der Waals surface area contributed by atoms with Gasteiger partial charge < -0.3 is 19.3 Å². The number of hydrogen-bond donors (Lipinski definition) is 0. The van der Waals surface area contributed by atoms with Crippen molar-refractivity contribution in [3.63, 3.8) is 0 Å². The van der Waals surface area contributed by atoms with Crippen molar-refractivity contribution in [3.8, 4) is 11.5 Å². The van der Waals surface area contributed by atoms with Crippen molar-refractivity contribution >= 4 is 11.8 Å². The SMILES string of the molecule is CC(=O)N1CCC[C@@H]1C(=O)N(Cc1ccc2c(c1)OCCO2)C1CC1. The lowest BCUT2D eigenvalue weighted by atomic mass is 10.1. The molecule has 0 bridgehead atoms. The molecule has 0 radical (unpaired) electrons. The molecule has 2 amide bonds. The fourth-order valence-electron chi connectivity index (χ4n) is 3.75. The monoisotopic (exact) mass is 344 g/mol. The summed E-state index contributed by atoms with van der Waals surface area (Å²) in [5.74, 6) is 1.59. The Kier molecular flexibility index (Phi) is 4.27. The second-order valence-corrected chi connectivity index (χ2v) is 7.05. The molecular formula is C19H24N2O4. The average molecular weight is 344 g/mol. The molecule has 0 unspecified atom stereocenters. The standard InChI is InChI=1S/C19H24N2O4/c1-13(22)20-8-2-3-16(20)19(23)21(15-5-6-15)12-14-4-7-17-18(11-14)25-10-9-24-17/h4,7,11,15-16H,2-3,5-6,8-10,12H2,1H3/t16-/m1/s1. The van der Waals surface area contributed by atoms with Gasteiger partial charge in [-0.3, -0.25) is 9.59 Å². The van der Waals surface area contributed by atoms with Crippen LogP contribution in [0.4, 0.5) is 0 Å². The second-order valence-electron chi connectivity index (χ2n) is 7.05. The van der Waals surface area contributed by atoms with Crippen LogP contribution in [0.5, 0.6) is 11.5 Å². The lowest BCUT2D eigenvalue weighted by molar-refractivity contribution is -0.143. The molecule has 134 valence electrons. The summed E-state index contributed by atoms with van der Waals surface area (Å²) < 4.78 is 11.2. The van der Waals surface area contributed by atoms with E-state index < -0.39 is 0 Å². The molecule has 0 aromatic heterocycles. The van der Waals surface area contributed by atoms with Crippen LogP contribution in [0.2, 0.25) is 0 Å². The number of fused-ring (bicyclic) bond motifs is 1. The lowest BCUT2D eigenvalue weighted by Gasteiger charge is -2.30. The van der Waals surface area contributed by atoms with Gasteiger partial charge in [0.15, 0.2) is 11.5 Å². The smallest absolute Gasteiger partial charge is 0.245 e. The summed E-state index contributed by atoms with van der Waals surface area (Å²) >= 11 is 0. The Hall–Kier alpha value is -2.24. The molecule has 1 saturated carbocycles. The lowest BCUT2D eigenvalue weighted by Crippen LogP contribution is -2.47. The Labute approximate surface area is 147 Å². The molecule has 0 spiro atoms. The van der Waals surface area contributed by atoms with Gasteiger partial charge in [0.05, 0.1) is 0 Å². The van der Waals surface area contributed by atoms with Gasteiger partial charge in [0.25, 0.3) is 0 Å². The number of hydrogen-bond acceptors (Lipinski definition) is 4. The number of nitrogens with zero attached hydrogens (tertiary/aromatic N) is 2. The highest BCUT2D eigenvalue weighted by molar-refractivity contribution is 5.88. The minimum absolute atomic E-state index is 0.00840. The Balaban J connectivity index is 1.52. The Bertz CT molecular complexity index is 686. The minimum atomic E-state index is -0.296. The molecule has 1 aliphatic carbocycles. The van der Waals surface area contributed by atoms with Crippen molar-refractivity contribution in [1.82, 2.24) is 9.80 Å². The van der Waals surface area contributed by atoms with Crippen LogP contribution in [-0.4, -0.2) is 53.5 Å². The fraction of sp³-hybridized carbons (Fsp3) is 0.579. The van der Waals surface area contributed by atoms with Gasteiger partial charge in [0.2, 0.25) is 11.8 Å². The van der Waals surface area contributed by atoms with Gasteiger partial charge in [0.1, 0.15) is 19.3 Å². The first-order valence-electron chi connectivity index (χ1n) is 9.09. The molecule has 4 rings (SSSR count). The summed E-state index contributed by atoms with van der Waals surface area (Å²) in [6, 6.07) is 5.88. The zero-order valence-corrected chi connectivity index (χ0v) is 14.6. The van der Waals surface area contributed by atoms with E-state index >= 15 is 0 Å². The highest BCUT2D eigenvalue weighted by atomic mass is 16.6. The zero-order valence-electron chi connectivity index (χ0n) is 14.6. The highest BCUT2D eigenvalue weighted by Gasteiger charge is 2.40. The summed E-state index contributed by atoms with van der Waals surface area (Å²) in [6.07, 6.45) is 3.76. The van der Waals surface area contributed by atoms with Crippen LogP contribution in [-0.2, 0) is 16.1 Å². The molecule has 6 nitrogen and oxygen atoms in total. The van der Waals surface area contributed by atoms with E-state index in [1.54, 1.807) is 11.8 Å². The van der Waals surface area contributed by atoms with E-state index in [4.69, 9.17) is 9.47 Å². The maximum atomic E-state index is 13.1. The molecule has 1 aromatic rings. The molecule has 3 aliphatic rings. The predicted molar refractivity (Wildman–Crippen MR) is 91.4 cm³/mol. The van der Waals surface area contributed by atoms with Gasteiger partial charge in [-0.1, -0.05) is 6.07 Å². The first-order valence-corrected chi connectivity index (χ1v) is 9.09. The second kappa shape index (κ2) is 6.58. The molecule has 6 heteroatoms. The van der Waals surface area contributed by atoms with E-state index in [2.05, 4.69) is 0 Å². The van der Waals surface area contributed by atoms with Crippen LogP contribution in [0.25, 0.3) is 0 Å². The van der Waals surface area contributed by atoms with Crippen molar-refractivity contribution in [2.24, 2.45) is 0 Å². The van der Waals surface area contributed by atoms with Crippen LogP contribution >= 0.6 is 0 Å². The van der Waals surface area contributed by atoms with Gasteiger partial charge in [-0.25, -0.2) is 0 Å². The predicted octanol–water partition coefficient (Wildman–Crippen LogP) is 1.96. The summed E-state index contributed by atoms with van der Waals surface area (Å²) in [6.45, 7) is 3.92. The van der Waals surface area contributed by atoms with E-state index in [0.717, 1.165) is 42.7 Å². The highest BCUT2D eigenvalue weighted by Crippen LogP contribution is 2.34. The van der Waals surface area contributed by atoms with Gasteiger partial charge in [0, 0.05) is 26.1 Å². The quantitative estimate of drug-likeness (QED) is 0.838. The average Bonchev–Trinajstić information content (AvgIpc) is 3.33. The van der Waals surface area contributed by atoms with Gasteiger partial charge in [-0.2, -0.15) is 0 Å². The largest absolute Gasteiger partial charge is 0.486 e. The Morgan fingerprint density at radius 2 is 1.92 bits per heavy atom. The molecule has 2 fully saturated rings. The number of amides is 2. The number of benzene rings is 1. The Morgan fingerprint density at radius 3 is 2.64 bits per heavy atom. The molecule has 0 N–H and O–H groups in total. The van der Waals surface area contributed by atoms with Crippen molar-refractivity contribution in [2.75, 3.05) is 19.8 Å². The topological polar surface area (TPSA) is 59.1 Å². The van der Waals surface area contributed by atoms with Crippen LogP contribution in [0, 0.1) is 0 Å². The number of likely N-dealkylation sites (tertiary alicyclic amines) is 1. The molecule has 1 aromatic carbocycles. The molecule has 2 heterocycles. The molecular weight excluding hydrogens is 320 g/mol. The molecule has 1 saturated heterocycles. The van der Waals surface area contributed by atoms with Crippen LogP contribution in [0.1, 0.15) is 38.2 Å². The van der Waals surface area contributed by atoms with Gasteiger partial charge >= 0.3 is 0 Å². The van der Waals surface area contributed by atoms with E-state index in [9.17, 15) is 9.59 Å². The molecule has 1 atom stereocenters. The third kappa shape index (κ3) is 3.30. The van der Waals surface area contributed by atoms with Crippen molar-refractivity contribution in [1.29, 1.82) is 0 Å². The number of rotatable bonds is 4. The van der Waals surface area contributed by atoms with Gasteiger partial charge in [-0.15, -0.1) is 0 Å². The molecule has 2 aliphatic heterocycles. The minimum Gasteiger partial charge on any atom is -0.486 e. The zero-order chi connectivity index (χ0) is 17.4. The van der Waals surface area contributed by atoms with Crippen molar-refractivity contribution in [2.45, 2.75) is 51.2 Å². The summed E-state index contributed by atoms with van der Waals surface area (Å²) in [5.41, 5.74) is 1.04. The van der Waals surface area contributed by atoms with Gasteiger partial charge in [-0.05, 0) is 43.4 Å². The van der Waals surface area contributed by atoms with Crippen LogP contribution in [0.3, 0.4) is 0 Å². The fourth-order valence-corrected chi connectivity index (χ4v) is 3.75. The normalized spacial score (nSPS) is 22.0. The van der Waals surface area contributed by atoms with Crippen molar-refractivity contribution < 1.29 is 19.1 Å². The number of ether oxygens (including phenoxy) is 2. The van der Waals surface area contributed by atoms with E-state index in [1.165, 1.54) is 0 Å². The third-order valence-corrected chi connectivity index (χ3v) is 5.17.